The topological polar surface area (TPSA) is 93.8 Å². The molecule has 3 rings (SSSR count). The van der Waals surface area contributed by atoms with Gasteiger partial charge in [-0.15, -0.1) is 0 Å². The monoisotopic (exact) mass is 415 g/mol. The maximum Gasteiger partial charge on any atom is 0.260 e. The second-order valence-electron chi connectivity index (χ2n) is 6.39. The summed E-state index contributed by atoms with van der Waals surface area (Å²) in [6, 6.07) is 8.58. The zero-order valence-corrected chi connectivity index (χ0v) is 16.9. The first-order chi connectivity index (χ1) is 14.4. The minimum Gasteiger partial charge on any atom is -0.493 e. The molecule has 158 valence electrons. The van der Waals surface area contributed by atoms with Gasteiger partial charge < -0.3 is 24.1 Å². The normalized spacial score (nSPS) is 10.7. The van der Waals surface area contributed by atoms with Gasteiger partial charge in [0, 0.05) is 12.6 Å². The summed E-state index contributed by atoms with van der Waals surface area (Å²) in [4.78, 5) is 33.7. The largest absolute Gasteiger partial charge is 0.493 e. The number of hydrogen-bond donors (Lipinski definition) is 1. The van der Waals surface area contributed by atoms with Gasteiger partial charge in [-0.05, 0) is 37.3 Å². The number of nitrogens with one attached hydrogen (secondary N) is 1. The van der Waals surface area contributed by atoms with Crippen molar-refractivity contribution in [3.8, 4) is 17.2 Å². The zero-order valence-electron chi connectivity index (χ0n) is 16.9. The molecule has 0 fully saturated rings. The second-order valence-corrected chi connectivity index (χ2v) is 6.39. The van der Waals surface area contributed by atoms with E-state index >= 15 is 0 Å². The Bertz CT molecular complexity index is 1100. The van der Waals surface area contributed by atoms with Crippen molar-refractivity contribution in [3.05, 3.63) is 58.4 Å². The molecule has 30 heavy (non-hydrogen) atoms. The number of halogens is 1. The molecule has 0 unspecified atom stereocenters. The zero-order chi connectivity index (χ0) is 21.7. The van der Waals surface area contributed by atoms with Crippen LogP contribution in [0.25, 0.3) is 10.9 Å². The Morgan fingerprint density at radius 2 is 1.80 bits per heavy atom. The molecular weight excluding hydrogens is 393 g/mol. The fourth-order valence-corrected chi connectivity index (χ4v) is 2.91. The number of H-pyrrole nitrogens is 1. The van der Waals surface area contributed by atoms with Crippen molar-refractivity contribution in [2.45, 2.75) is 13.5 Å². The highest BCUT2D eigenvalue weighted by Gasteiger charge is 2.16. The fourth-order valence-electron chi connectivity index (χ4n) is 2.91. The molecule has 0 radical (unpaired) electrons. The number of nitrogens with zero attached hydrogens (tertiary/aromatic N) is 2. The van der Waals surface area contributed by atoms with Crippen molar-refractivity contribution in [2.24, 2.45) is 0 Å². The van der Waals surface area contributed by atoms with Crippen LogP contribution in [0.15, 0.2) is 41.2 Å². The SMILES string of the molecule is CCN(Cc1nc2cc(OC)c(OC)cc2c(=O)[nH]1)C(=O)COc1ccc(F)cc1. The Hall–Kier alpha value is -3.62. The van der Waals surface area contributed by atoms with Crippen LogP contribution >= 0.6 is 0 Å². The molecular formula is C21H22FN3O5. The van der Waals surface area contributed by atoms with Crippen LogP contribution in [-0.4, -0.2) is 48.1 Å². The van der Waals surface area contributed by atoms with Gasteiger partial charge in [-0.1, -0.05) is 0 Å². The van der Waals surface area contributed by atoms with Crippen LogP contribution in [0.4, 0.5) is 4.39 Å². The van der Waals surface area contributed by atoms with Gasteiger partial charge in [0.05, 0.1) is 31.7 Å². The molecule has 0 aliphatic heterocycles. The van der Waals surface area contributed by atoms with E-state index < -0.39 is 0 Å². The molecule has 1 amide bonds. The highest BCUT2D eigenvalue weighted by atomic mass is 19.1. The second kappa shape index (κ2) is 9.25. The maximum atomic E-state index is 13.0. The van der Waals surface area contributed by atoms with Crippen molar-refractivity contribution in [3.63, 3.8) is 0 Å². The number of rotatable bonds is 8. The van der Waals surface area contributed by atoms with E-state index in [4.69, 9.17) is 14.2 Å². The first-order valence-corrected chi connectivity index (χ1v) is 9.26. The number of likely N-dealkylation sites (N-methyl/N-ethyl adjacent to an activating group) is 1. The predicted molar refractivity (Wildman–Crippen MR) is 108 cm³/mol. The van der Waals surface area contributed by atoms with E-state index in [0.717, 1.165) is 0 Å². The summed E-state index contributed by atoms with van der Waals surface area (Å²) in [6.45, 7) is 2.08. The molecule has 0 aliphatic carbocycles. The molecule has 0 atom stereocenters. The molecule has 0 aliphatic rings. The van der Waals surface area contributed by atoms with Crippen LogP contribution < -0.4 is 19.8 Å². The Labute approximate surface area is 172 Å². The van der Waals surface area contributed by atoms with Gasteiger partial charge in [0.25, 0.3) is 11.5 Å². The fraction of sp³-hybridized carbons (Fsp3) is 0.286. The number of benzene rings is 2. The van der Waals surface area contributed by atoms with E-state index in [1.165, 1.54) is 43.4 Å². The van der Waals surface area contributed by atoms with Crippen molar-refractivity contribution in [1.29, 1.82) is 0 Å². The number of fused-ring (bicyclic) bond motifs is 1. The molecule has 8 nitrogen and oxygen atoms in total. The minimum atomic E-state index is -0.385. The van der Waals surface area contributed by atoms with Gasteiger partial charge in [0.15, 0.2) is 18.1 Å². The first kappa shape index (κ1) is 21.1. The number of amides is 1. The highest BCUT2D eigenvalue weighted by Crippen LogP contribution is 2.29. The molecule has 9 heteroatoms. The van der Waals surface area contributed by atoms with Crippen LogP contribution in [0.5, 0.6) is 17.2 Å². The van der Waals surface area contributed by atoms with Gasteiger partial charge in [0.1, 0.15) is 17.4 Å². The van der Waals surface area contributed by atoms with Gasteiger partial charge in [-0.2, -0.15) is 0 Å². The third-order valence-electron chi connectivity index (χ3n) is 4.51. The Kier molecular flexibility index (Phi) is 6.51. The molecule has 0 saturated heterocycles. The third-order valence-corrected chi connectivity index (χ3v) is 4.51. The Balaban J connectivity index is 1.77. The summed E-state index contributed by atoms with van der Waals surface area (Å²) >= 11 is 0. The number of ether oxygens (including phenoxy) is 3. The molecule has 3 aromatic rings. The van der Waals surface area contributed by atoms with Crippen LogP contribution in [0.3, 0.4) is 0 Å². The number of methoxy groups -OCH3 is 2. The van der Waals surface area contributed by atoms with E-state index in [1.807, 2.05) is 6.92 Å². The maximum absolute atomic E-state index is 13.0. The summed E-state index contributed by atoms with van der Waals surface area (Å²) in [5.41, 5.74) is 0.0829. The van der Waals surface area contributed by atoms with Crippen molar-refractivity contribution >= 4 is 16.8 Å². The quantitative estimate of drug-likeness (QED) is 0.608. The number of aromatic nitrogens is 2. The lowest BCUT2D eigenvalue weighted by Gasteiger charge is -2.20. The average Bonchev–Trinajstić information content (AvgIpc) is 2.76. The Morgan fingerprint density at radius 1 is 1.13 bits per heavy atom. The highest BCUT2D eigenvalue weighted by molar-refractivity contribution is 5.82. The number of carbonyl (C=O) groups excluding carboxylic acids is 1. The number of hydrogen-bond acceptors (Lipinski definition) is 6. The lowest BCUT2D eigenvalue weighted by molar-refractivity contribution is -0.133. The van der Waals surface area contributed by atoms with Crippen LogP contribution in [0.2, 0.25) is 0 Å². The minimum absolute atomic E-state index is 0.0988. The van der Waals surface area contributed by atoms with Gasteiger partial charge in [-0.25, -0.2) is 9.37 Å². The van der Waals surface area contributed by atoms with Crippen molar-refractivity contribution in [2.75, 3.05) is 27.4 Å². The lowest BCUT2D eigenvalue weighted by Crippen LogP contribution is -2.35. The summed E-state index contributed by atoms with van der Waals surface area (Å²) in [5, 5.41) is 0.352. The molecule has 0 saturated carbocycles. The molecule has 1 aromatic heterocycles. The Morgan fingerprint density at radius 3 is 2.43 bits per heavy atom. The average molecular weight is 415 g/mol. The molecule has 1 heterocycles. The molecule has 1 N–H and O–H groups in total. The van der Waals surface area contributed by atoms with Crippen molar-refractivity contribution in [1.82, 2.24) is 14.9 Å². The van der Waals surface area contributed by atoms with Gasteiger partial charge >= 0.3 is 0 Å². The van der Waals surface area contributed by atoms with Crippen molar-refractivity contribution < 1.29 is 23.4 Å². The smallest absolute Gasteiger partial charge is 0.260 e. The summed E-state index contributed by atoms with van der Waals surface area (Å²) in [6.07, 6.45) is 0. The first-order valence-electron chi connectivity index (χ1n) is 9.26. The number of carbonyl (C=O) groups is 1. The van der Waals surface area contributed by atoms with E-state index in [2.05, 4.69) is 9.97 Å². The van der Waals surface area contributed by atoms with Gasteiger partial charge in [0.2, 0.25) is 0 Å². The summed E-state index contributed by atoms with van der Waals surface area (Å²) in [5.74, 6) is 0.913. The summed E-state index contributed by atoms with van der Waals surface area (Å²) < 4.78 is 28.9. The van der Waals surface area contributed by atoms with Crippen LogP contribution in [0, 0.1) is 5.82 Å². The standard InChI is InChI=1S/C21H22FN3O5/c1-4-25(20(26)12-30-14-7-5-13(22)6-8-14)11-19-23-16-10-18(29-3)17(28-2)9-15(16)21(27)24-19/h5-10H,4,11-12H2,1-3H3,(H,23,24,27). The van der Waals surface area contributed by atoms with E-state index in [-0.39, 0.29) is 30.4 Å². The molecule has 0 spiro atoms. The predicted octanol–water partition coefficient (Wildman–Crippen LogP) is 2.51. The number of aromatic amines is 1. The third kappa shape index (κ3) is 4.68. The van der Waals surface area contributed by atoms with Crippen LogP contribution in [0.1, 0.15) is 12.7 Å². The van der Waals surface area contributed by atoms with Gasteiger partial charge in [-0.3, -0.25) is 9.59 Å². The molecule has 0 bridgehead atoms. The molecule has 2 aromatic carbocycles. The van der Waals surface area contributed by atoms with Crippen LogP contribution in [-0.2, 0) is 11.3 Å². The van der Waals surface area contributed by atoms with E-state index in [1.54, 1.807) is 12.1 Å². The lowest BCUT2D eigenvalue weighted by atomic mass is 10.2. The van der Waals surface area contributed by atoms with E-state index in [0.29, 0.717) is 40.5 Å². The summed E-state index contributed by atoms with van der Waals surface area (Å²) in [7, 11) is 2.98. The van der Waals surface area contributed by atoms with E-state index in [9.17, 15) is 14.0 Å².